The monoisotopic (exact) mass is 518 g/mol. The predicted molar refractivity (Wildman–Crippen MR) is 153 cm³/mol. The van der Waals surface area contributed by atoms with E-state index in [9.17, 15) is 19.2 Å². The molecule has 1 aromatic heterocycles. The van der Waals surface area contributed by atoms with Crippen LogP contribution >= 0.6 is 0 Å². The molecule has 0 atom stereocenters. The highest BCUT2D eigenvalue weighted by atomic mass is 16.5. The van der Waals surface area contributed by atoms with Crippen molar-refractivity contribution in [2.45, 2.75) is 48.5 Å². The predicted octanol–water partition coefficient (Wildman–Crippen LogP) is 4.83. The van der Waals surface area contributed by atoms with Gasteiger partial charge in [0.1, 0.15) is 5.75 Å². The fourth-order valence-corrected chi connectivity index (χ4v) is 2.38. The quantitative estimate of drug-likeness (QED) is 0.254. The van der Waals surface area contributed by atoms with Gasteiger partial charge in [-0.3, -0.25) is 19.2 Å². The summed E-state index contributed by atoms with van der Waals surface area (Å²) < 4.78 is 5.20. The van der Waals surface area contributed by atoms with E-state index < -0.39 is 17.6 Å². The van der Waals surface area contributed by atoms with E-state index in [0.29, 0.717) is 16.7 Å². The van der Waals surface area contributed by atoms with Crippen LogP contribution in [-0.2, 0) is 9.59 Å². The number of carbonyl (C=O) groups is 4. The number of aromatic nitrogens is 1. The van der Waals surface area contributed by atoms with Crippen LogP contribution in [0.15, 0.2) is 42.6 Å². The highest BCUT2D eigenvalue weighted by molar-refractivity contribution is 6.45. The van der Waals surface area contributed by atoms with Gasteiger partial charge in [-0.1, -0.05) is 45.9 Å². The zero-order chi connectivity index (χ0) is 29.7. The van der Waals surface area contributed by atoms with E-state index in [0.717, 1.165) is 0 Å². The lowest BCUT2D eigenvalue weighted by Gasteiger charge is -2.09. The number of rotatable bonds is 5. The summed E-state index contributed by atoms with van der Waals surface area (Å²) in [5.74, 6) is -1.57. The fourth-order valence-electron chi connectivity index (χ4n) is 2.38. The topological polar surface area (TPSA) is 126 Å². The largest absolute Gasteiger partial charge is 0.496 e. The lowest BCUT2D eigenvalue weighted by molar-refractivity contribution is -0.124. The molecule has 1 aromatic carbocycles. The maximum Gasteiger partial charge on any atom is 0.294 e. The minimum absolute atomic E-state index is 0.0347. The van der Waals surface area contributed by atoms with Gasteiger partial charge < -0.3 is 25.3 Å². The Kier molecular flexibility index (Phi) is 21.8. The number of allylic oxidation sites excluding steroid dienone is 3. The van der Waals surface area contributed by atoms with E-state index in [4.69, 9.17) is 10.5 Å². The van der Waals surface area contributed by atoms with Crippen molar-refractivity contribution in [1.82, 2.24) is 14.8 Å². The summed E-state index contributed by atoms with van der Waals surface area (Å²) in [4.78, 5) is 51.6. The van der Waals surface area contributed by atoms with Gasteiger partial charge in [0.05, 0.1) is 29.1 Å². The maximum atomic E-state index is 12.2. The summed E-state index contributed by atoms with van der Waals surface area (Å²) in [5, 5.41) is 0.369. The van der Waals surface area contributed by atoms with Gasteiger partial charge >= 0.3 is 0 Å². The molecule has 9 nitrogen and oxygen atoms in total. The number of primary amides is 1. The SMILES string of the molecule is C/C=C/C(=O)N(C)C.C/C=C\C.CC.CC.COc1ccc(C(N)=O)c2[nH]cc(C(=O)C(=O)N(C)C)c12. The second kappa shape index (κ2) is 21.4. The number of methoxy groups -OCH3 is 1. The molecule has 3 amide bonds. The van der Waals surface area contributed by atoms with Gasteiger partial charge in [-0.05, 0) is 39.0 Å². The third-order valence-corrected chi connectivity index (χ3v) is 4.21. The Morgan fingerprint density at radius 2 is 1.35 bits per heavy atom. The van der Waals surface area contributed by atoms with Crippen molar-refractivity contribution >= 4 is 34.4 Å². The first-order valence-corrected chi connectivity index (χ1v) is 12.1. The summed E-state index contributed by atoms with van der Waals surface area (Å²) in [7, 11) is 7.86. The number of aromatic amines is 1. The van der Waals surface area contributed by atoms with Crippen LogP contribution in [0.5, 0.6) is 5.75 Å². The number of fused-ring (bicyclic) bond motifs is 1. The van der Waals surface area contributed by atoms with E-state index >= 15 is 0 Å². The molecule has 0 saturated heterocycles. The molecule has 9 heteroatoms. The number of benzene rings is 1. The van der Waals surface area contributed by atoms with Crippen molar-refractivity contribution in [3.8, 4) is 5.75 Å². The third kappa shape index (κ3) is 12.6. The molecule has 2 aromatic rings. The average molecular weight is 519 g/mol. The van der Waals surface area contributed by atoms with Crippen molar-refractivity contribution < 1.29 is 23.9 Å². The Balaban J connectivity index is -0.000000600. The zero-order valence-electron chi connectivity index (χ0n) is 24.6. The third-order valence-electron chi connectivity index (χ3n) is 4.21. The van der Waals surface area contributed by atoms with Gasteiger partial charge in [-0.2, -0.15) is 0 Å². The number of amides is 3. The average Bonchev–Trinajstić information content (AvgIpc) is 3.35. The van der Waals surface area contributed by atoms with Crippen molar-refractivity contribution in [2.24, 2.45) is 5.73 Å². The van der Waals surface area contributed by atoms with Gasteiger partial charge in [-0.25, -0.2) is 0 Å². The highest BCUT2D eigenvalue weighted by Gasteiger charge is 2.25. The summed E-state index contributed by atoms with van der Waals surface area (Å²) >= 11 is 0. The second-order valence-electron chi connectivity index (χ2n) is 7.06. The number of ketones is 1. The Hall–Kier alpha value is -3.88. The van der Waals surface area contributed by atoms with Gasteiger partial charge in [0.15, 0.2) is 0 Å². The van der Waals surface area contributed by atoms with Crippen molar-refractivity contribution in [3.05, 3.63) is 53.8 Å². The number of nitrogens with one attached hydrogen (secondary N) is 1. The lowest BCUT2D eigenvalue weighted by Crippen LogP contribution is -2.29. The molecule has 1 heterocycles. The molecule has 0 bridgehead atoms. The molecule has 0 radical (unpaired) electrons. The molecule has 0 unspecified atom stereocenters. The fraction of sp³-hybridized carbons (Fsp3) is 0.429. The minimum atomic E-state index is -0.689. The molecule has 0 aliphatic carbocycles. The van der Waals surface area contributed by atoms with E-state index in [-0.39, 0.29) is 17.0 Å². The first-order valence-electron chi connectivity index (χ1n) is 12.1. The number of nitrogens with two attached hydrogens (primary N) is 1. The van der Waals surface area contributed by atoms with Crippen molar-refractivity contribution in [3.63, 3.8) is 0 Å². The van der Waals surface area contributed by atoms with Crippen LogP contribution in [0.4, 0.5) is 0 Å². The smallest absolute Gasteiger partial charge is 0.294 e. The summed E-state index contributed by atoms with van der Waals surface area (Å²) in [6.45, 7) is 13.8. The Bertz CT molecular complexity index is 1030. The van der Waals surface area contributed by atoms with Crippen LogP contribution in [-0.4, -0.2) is 73.6 Å². The summed E-state index contributed by atoms with van der Waals surface area (Å²) in [6, 6.07) is 3.04. The first kappa shape index (κ1) is 37.7. The molecule has 37 heavy (non-hydrogen) atoms. The van der Waals surface area contributed by atoms with Crippen LogP contribution in [0, 0.1) is 0 Å². The molecule has 3 N–H and O–H groups in total. The highest BCUT2D eigenvalue weighted by Crippen LogP contribution is 2.31. The maximum absolute atomic E-state index is 12.2. The number of likely N-dealkylation sites (N-methyl/N-ethyl adjacent to an activating group) is 2. The first-order chi connectivity index (χ1) is 17.5. The summed E-state index contributed by atoms with van der Waals surface area (Å²) in [5.41, 5.74) is 6.04. The van der Waals surface area contributed by atoms with Crippen LogP contribution in [0.1, 0.15) is 69.2 Å². The van der Waals surface area contributed by atoms with Gasteiger partial charge in [0.25, 0.3) is 17.6 Å². The molecular formula is C28H46N4O5. The molecule has 2 rings (SSSR count). The number of carbonyl (C=O) groups excluding carboxylic acids is 4. The van der Waals surface area contributed by atoms with Crippen LogP contribution in [0.2, 0.25) is 0 Å². The molecule has 0 aliphatic rings. The Morgan fingerprint density at radius 1 is 0.838 bits per heavy atom. The molecular weight excluding hydrogens is 472 g/mol. The summed E-state index contributed by atoms with van der Waals surface area (Å²) in [6.07, 6.45) is 8.63. The molecule has 0 saturated carbocycles. The minimum Gasteiger partial charge on any atom is -0.496 e. The van der Waals surface area contributed by atoms with Gasteiger partial charge in [0.2, 0.25) is 5.91 Å². The van der Waals surface area contributed by atoms with Crippen molar-refractivity contribution in [2.75, 3.05) is 35.3 Å². The van der Waals surface area contributed by atoms with Crippen molar-refractivity contribution in [1.29, 1.82) is 0 Å². The molecule has 0 fully saturated rings. The standard InChI is InChI=1S/C14H15N3O4.C6H11NO.C4H8.2C2H6/c1-17(2)14(20)12(18)8-6-16-11-7(13(15)19)4-5-9(21-3)10(8)11;1-4-5-6(8)7(2)3;1-3-4-2;2*1-2/h4-6,16H,1-3H3,(H2,15,19);4-5H,1-3H3;3-4H,1-2H3;2*1-2H3/b;5-4+;4-3-;;. The second-order valence-corrected chi connectivity index (χ2v) is 7.06. The van der Waals surface area contributed by atoms with Gasteiger partial charge in [-0.15, -0.1) is 0 Å². The number of hydrogen-bond donors (Lipinski definition) is 2. The van der Waals surface area contributed by atoms with Gasteiger partial charge in [0, 0.05) is 34.4 Å². The van der Waals surface area contributed by atoms with E-state index in [1.54, 1.807) is 20.2 Å². The van der Waals surface area contributed by atoms with E-state index in [2.05, 4.69) is 4.98 Å². The molecule has 0 spiro atoms. The lowest BCUT2D eigenvalue weighted by atomic mass is 10.0. The van der Waals surface area contributed by atoms with Crippen LogP contribution in [0.25, 0.3) is 10.9 Å². The molecule has 0 aliphatic heterocycles. The normalized spacial score (nSPS) is 9.41. The van der Waals surface area contributed by atoms with Crippen LogP contribution in [0.3, 0.4) is 0 Å². The molecule has 208 valence electrons. The number of ether oxygens (including phenoxy) is 1. The Labute approximate surface area is 222 Å². The number of hydrogen-bond acceptors (Lipinski definition) is 5. The number of H-pyrrole nitrogens is 1. The van der Waals surface area contributed by atoms with E-state index in [1.165, 1.54) is 55.4 Å². The Morgan fingerprint density at radius 3 is 1.68 bits per heavy atom. The van der Waals surface area contributed by atoms with Crippen LogP contribution < -0.4 is 10.5 Å². The zero-order valence-corrected chi connectivity index (χ0v) is 24.6. The van der Waals surface area contributed by atoms with E-state index in [1.807, 2.05) is 60.6 Å². The number of nitrogens with zero attached hydrogens (tertiary/aromatic N) is 2. The number of Topliss-reactive ketones (excluding diaryl/α,β-unsaturated/α-hetero) is 1.